The fraction of sp³-hybridized carbons (Fsp3) is 0.779. The maximum Gasteiger partial charge on any atom is 0.306 e. The molecule has 6 nitrogen and oxygen atoms in total. The number of hydrogen-bond acceptors (Lipinski definition) is 6. The Labute approximate surface area is 515 Å². The molecule has 0 rings (SSSR count). The van der Waals surface area contributed by atoms with Gasteiger partial charge in [0.05, 0.1) is 0 Å². The molecule has 6 heteroatoms. The highest BCUT2D eigenvalue weighted by molar-refractivity contribution is 5.71. The Bertz CT molecular complexity index is 1570. The minimum Gasteiger partial charge on any atom is -0.462 e. The van der Waals surface area contributed by atoms with Gasteiger partial charge in [-0.05, 0) is 96.3 Å². The maximum atomic E-state index is 13.0. The zero-order chi connectivity index (χ0) is 59.9. The number of allylic oxidation sites excluding steroid dienone is 14. The van der Waals surface area contributed by atoms with Gasteiger partial charge in [-0.1, -0.05) is 337 Å². The summed E-state index contributed by atoms with van der Waals surface area (Å²) in [5, 5.41) is 0. The lowest BCUT2D eigenvalue weighted by molar-refractivity contribution is -0.167. The minimum absolute atomic E-state index is 0.0727. The minimum atomic E-state index is -0.777. The highest BCUT2D eigenvalue weighted by Crippen LogP contribution is 2.18. The van der Waals surface area contributed by atoms with E-state index in [2.05, 4.69) is 106 Å². The Morgan fingerprint density at radius 1 is 0.253 bits per heavy atom. The van der Waals surface area contributed by atoms with E-state index < -0.39 is 6.10 Å². The number of esters is 3. The van der Waals surface area contributed by atoms with Crippen LogP contribution in [-0.2, 0) is 28.6 Å². The molecule has 0 saturated heterocycles. The van der Waals surface area contributed by atoms with Gasteiger partial charge in [0, 0.05) is 19.3 Å². The fourth-order valence-corrected chi connectivity index (χ4v) is 10.5. The Hall–Kier alpha value is -3.41. The summed E-state index contributed by atoms with van der Waals surface area (Å²) in [5.74, 6) is -0.856. The van der Waals surface area contributed by atoms with Gasteiger partial charge in [0.15, 0.2) is 6.10 Å². The van der Waals surface area contributed by atoms with Crippen molar-refractivity contribution < 1.29 is 28.6 Å². The smallest absolute Gasteiger partial charge is 0.306 e. The average Bonchev–Trinajstić information content (AvgIpc) is 3.48. The standard InChI is InChI=1S/C77H136O6/c1-4-7-10-13-16-19-22-24-26-28-30-32-34-36-37-38-39-41-42-44-46-48-50-52-55-58-61-64-67-70-76(79)82-73-74(72-81-75(78)69-66-63-60-57-54-21-18-15-12-9-6-3)83-77(80)71-68-65-62-59-56-53-51-49-47-45-43-40-35-33-31-29-27-25-23-20-17-14-11-8-5-2/h8,11,17,20,22,24-25,27-28,30-31,33-34,36,74H,4-7,9-10,12-16,18-19,21,23,26,29,32,35,37-73H2,1-3H3/b11-8-,20-17-,24-22-,27-25-,30-28-,33-31-,36-34-. The van der Waals surface area contributed by atoms with E-state index in [-0.39, 0.29) is 31.1 Å². The van der Waals surface area contributed by atoms with Crippen LogP contribution >= 0.6 is 0 Å². The lowest BCUT2D eigenvalue weighted by atomic mass is 10.0. The molecule has 0 aromatic heterocycles. The molecule has 1 atom stereocenters. The lowest BCUT2D eigenvalue weighted by Crippen LogP contribution is -2.30. The summed E-state index contributed by atoms with van der Waals surface area (Å²) in [5.41, 5.74) is 0. The van der Waals surface area contributed by atoms with Crippen molar-refractivity contribution in [3.8, 4) is 0 Å². The van der Waals surface area contributed by atoms with Crippen molar-refractivity contribution in [1.82, 2.24) is 0 Å². The summed E-state index contributed by atoms with van der Waals surface area (Å²) in [6, 6.07) is 0. The summed E-state index contributed by atoms with van der Waals surface area (Å²) in [7, 11) is 0. The van der Waals surface area contributed by atoms with Crippen LogP contribution in [-0.4, -0.2) is 37.2 Å². The molecule has 0 heterocycles. The first kappa shape index (κ1) is 79.6. The van der Waals surface area contributed by atoms with E-state index in [0.717, 1.165) is 96.3 Å². The molecular weight excluding hydrogens is 1020 g/mol. The Balaban J connectivity index is 4.20. The van der Waals surface area contributed by atoms with Crippen LogP contribution in [0.5, 0.6) is 0 Å². The van der Waals surface area contributed by atoms with Crippen molar-refractivity contribution in [3.05, 3.63) is 85.1 Å². The second kappa shape index (κ2) is 71.1. The van der Waals surface area contributed by atoms with Gasteiger partial charge in [-0.15, -0.1) is 0 Å². The number of hydrogen-bond donors (Lipinski definition) is 0. The molecule has 0 aromatic carbocycles. The van der Waals surface area contributed by atoms with Crippen LogP contribution in [0.4, 0.5) is 0 Å². The predicted octanol–water partition coefficient (Wildman–Crippen LogP) is 25.0. The van der Waals surface area contributed by atoms with Gasteiger partial charge < -0.3 is 14.2 Å². The van der Waals surface area contributed by atoms with Crippen LogP contribution in [0.2, 0.25) is 0 Å². The second-order valence-electron chi connectivity index (χ2n) is 24.1. The Kier molecular flexibility index (Phi) is 68.2. The maximum absolute atomic E-state index is 13.0. The van der Waals surface area contributed by atoms with E-state index >= 15 is 0 Å². The van der Waals surface area contributed by atoms with Gasteiger partial charge in [0.25, 0.3) is 0 Å². The van der Waals surface area contributed by atoms with Gasteiger partial charge in [-0.2, -0.15) is 0 Å². The first-order chi connectivity index (χ1) is 41.0. The molecule has 1 unspecified atom stereocenters. The first-order valence-electron chi connectivity index (χ1n) is 36.1. The van der Waals surface area contributed by atoms with Crippen molar-refractivity contribution in [2.24, 2.45) is 0 Å². The number of rotatable bonds is 66. The van der Waals surface area contributed by atoms with Gasteiger partial charge in [-0.25, -0.2) is 0 Å². The number of carbonyl (C=O) groups is 3. The fourth-order valence-electron chi connectivity index (χ4n) is 10.5. The average molecular weight is 1160 g/mol. The highest BCUT2D eigenvalue weighted by Gasteiger charge is 2.19. The topological polar surface area (TPSA) is 78.9 Å². The largest absolute Gasteiger partial charge is 0.462 e. The summed E-state index contributed by atoms with van der Waals surface area (Å²) < 4.78 is 17.0. The Morgan fingerprint density at radius 2 is 0.470 bits per heavy atom. The van der Waals surface area contributed by atoms with Crippen LogP contribution in [0.25, 0.3) is 0 Å². The van der Waals surface area contributed by atoms with Crippen molar-refractivity contribution in [2.45, 2.75) is 374 Å². The highest BCUT2D eigenvalue weighted by atomic mass is 16.6. The Morgan fingerprint density at radius 3 is 0.735 bits per heavy atom. The molecule has 0 amide bonds. The molecule has 0 bridgehead atoms. The van der Waals surface area contributed by atoms with Gasteiger partial charge >= 0.3 is 17.9 Å². The van der Waals surface area contributed by atoms with E-state index in [0.29, 0.717) is 19.3 Å². The predicted molar refractivity (Wildman–Crippen MR) is 362 cm³/mol. The van der Waals surface area contributed by atoms with Crippen LogP contribution in [0.1, 0.15) is 367 Å². The quantitative estimate of drug-likeness (QED) is 0.0261. The molecule has 0 saturated carbocycles. The van der Waals surface area contributed by atoms with E-state index in [1.165, 1.54) is 231 Å². The van der Waals surface area contributed by atoms with Crippen molar-refractivity contribution in [1.29, 1.82) is 0 Å². The van der Waals surface area contributed by atoms with E-state index in [4.69, 9.17) is 14.2 Å². The third-order valence-electron chi connectivity index (χ3n) is 15.9. The molecule has 0 aliphatic heterocycles. The van der Waals surface area contributed by atoms with Crippen LogP contribution < -0.4 is 0 Å². The molecule has 0 aliphatic carbocycles. The number of unbranched alkanes of at least 4 members (excludes halogenated alkanes) is 41. The summed E-state index contributed by atoms with van der Waals surface area (Å²) in [6.07, 6.45) is 94.7. The summed E-state index contributed by atoms with van der Waals surface area (Å²) >= 11 is 0. The normalized spacial score (nSPS) is 12.6. The third-order valence-corrected chi connectivity index (χ3v) is 15.9. The molecule has 83 heavy (non-hydrogen) atoms. The van der Waals surface area contributed by atoms with Crippen molar-refractivity contribution >= 4 is 17.9 Å². The number of ether oxygens (including phenoxy) is 3. The van der Waals surface area contributed by atoms with E-state index in [1.807, 2.05) is 0 Å². The van der Waals surface area contributed by atoms with Crippen LogP contribution in [0, 0.1) is 0 Å². The van der Waals surface area contributed by atoms with Crippen molar-refractivity contribution in [2.75, 3.05) is 13.2 Å². The first-order valence-corrected chi connectivity index (χ1v) is 36.1. The summed E-state index contributed by atoms with van der Waals surface area (Å²) in [6.45, 7) is 6.56. The zero-order valence-corrected chi connectivity index (χ0v) is 55.2. The zero-order valence-electron chi connectivity index (χ0n) is 55.2. The van der Waals surface area contributed by atoms with Crippen LogP contribution in [0.15, 0.2) is 85.1 Å². The molecule has 0 spiro atoms. The van der Waals surface area contributed by atoms with Crippen LogP contribution in [0.3, 0.4) is 0 Å². The molecule has 0 aliphatic rings. The molecule has 0 N–H and O–H groups in total. The van der Waals surface area contributed by atoms with Gasteiger partial charge in [-0.3, -0.25) is 14.4 Å². The van der Waals surface area contributed by atoms with Gasteiger partial charge in [0.1, 0.15) is 13.2 Å². The van der Waals surface area contributed by atoms with E-state index in [9.17, 15) is 14.4 Å². The molecule has 0 aromatic rings. The van der Waals surface area contributed by atoms with Gasteiger partial charge in [0.2, 0.25) is 0 Å². The molecule has 480 valence electrons. The second-order valence-corrected chi connectivity index (χ2v) is 24.1. The third kappa shape index (κ3) is 69.3. The molecule has 0 fully saturated rings. The van der Waals surface area contributed by atoms with Crippen molar-refractivity contribution in [3.63, 3.8) is 0 Å². The lowest BCUT2D eigenvalue weighted by Gasteiger charge is -2.18. The van der Waals surface area contributed by atoms with E-state index in [1.54, 1.807) is 0 Å². The monoisotopic (exact) mass is 1160 g/mol. The molecular formula is C77H136O6. The molecule has 0 radical (unpaired) electrons. The number of carbonyl (C=O) groups excluding carboxylic acids is 3. The SMILES string of the molecule is CC/C=C\C/C=C\C/C=C\C/C=C\CCCCCCCCCCCCCCC(=O)OC(COC(=O)CCCCCCCCCCCCC)COC(=O)CCCCCCCCCCCCCCCC/C=C\C/C=C\C/C=C\CCCCCCC. The summed E-state index contributed by atoms with van der Waals surface area (Å²) in [4.78, 5) is 38.4.